The van der Waals surface area contributed by atoms with Crippen LogP contribution in [0.3, 0.4) is 0 Å². The molecule has 6 aromatic rings. The van der Waals surface area contributed by atoms with Crippen molar-refractivity contribution in [1.29, 1.82) is 0 Å². The van der Waals surface area contributed by atoms with Crippen molar-refractivity contribution in [3.63, 3.8) is 0 Å². The number of hydrogen-bond acceptors (Lipinski definition) is 1. The first-order valence-corrected chi connectivity index (χ1v) is 10.0. The van der Waals surface area contributed by atoms with Crippen LogP contribution in [0.5, 0.6) is 0 Å². The lowest BCUT2D eigenvalue weighted by Gasteiger charge is -2.10. The van der Waals surface area contributed by atoms with E-state index in [-0.39, 0.29) is 0 Å². The molecule has 0 bridgehead atoms. The second kappa shape index (κ2) is 5.96. The van der Waals surface area contributed by atoms with Crippen molar-refractivity contribution in [1.82, 2.24) is 0 Å². The summed E-state index contributed by atoms with van der Waals surface area (Å²) < 4.78 is 6.49. The van der Waals surface area contributed by atoms with Gasteiger partial charge in [-0.25, -0.2) is 0 Å². The zero-order valence-electron chi connectivity index (χ0n) is 16.5. The first-order valence-electron chi connectivity index (χ1n) is 10.0. The molecule has 1 heteroatoms. The lowest BCUT2D eigenvalue weighted by atomic mass is 9.93. The minimum Gasteiger partial charge on any atom is -0.455 e. The minimum atomic E-state index is 0.947. The van der Waals surface area contributed by atoms with E-state index in [1.165, 1.54) is 54.6 Å². The van der Waals surface area contributed by atoms with Gasteiger partial charge < -0.3 is 4.42 Å². The molecule has 0 fully saturated rings. The molecule has 0 saturated heterocycles. The third-order valence-corrected chi connectivity index (χ3v) is 6.15. The molecule has 0 saturated carbocycles. The molecule has 138 valence electrons. The van der Waals surface area contributed by atoms with Gasteiger partial charge in [0.15, 0.2) is 0 Å². The molecule has 29 heavy (non-hydrogen) atoms. The van der Waals surface area contributed by atoms with E-state index in [0.29, 0.717) is 0 Å². The van der Waals surface area contributed by atoms with Gasteiger partial charge in [0, 0.05) is 16.3 Å². The Morgan fingerprint density at radius 3 is 2.21 bits per heavy atom. The van der Waals surface area contributed by atoms with Crippen molar-refractivity contribution in [2.24, 2.45) is 0 Å². The van der Waals surface area contributed by atoms with E-state index < -0.39 is 0 Å². The summed E-state index contributed by atoms with van der Waals surface area (Å²) in [5, 5.41) is 7.47. The highest BCUT2D eigenvalue weighted by Gasteiger charge is 2.17. The van der Waals surface area contributed by atoms with Crippen LogP contribution < -0.4 is 0 Å². The largest absolute Gasteiger partial charge is 0.455 e. The fraction of sp³-hybridized carbons (Fsp3) is 0.0714. The Kier molecular flexibility index (Phi) is 3.36. The van der Waals surface area contributed by atoms with E-state index >= 15 is 0 Å². The van der Waals surface area contributed by atoms with Gasteiger partial charge in [-0.15, -0.1) is 0 Å². The van der Waals surface area contributed by atoms with Gasteiger partial charge in [-0.1, -0.05) is 78.9 Å². The van der Waals surface area contributed by atoms with Crippen molar-refractivity contribution in [3.05, 3.63) is 96.1 Å². The number of rotatable bonds is 1. The highest BCUT2D eigenvalue weighted by atomic mass is 16.3. The zero-order valence-corrected chi connectivity index (χ0v) is 16.5. The molecule has 0 aliphatic heterocycles. The van der Waals surface area contributed by atoms with Gasteiger partial charge in [0.2, 0.25) is 0 Å². The lowest BCUT2D eigenvalue weighted by Crippen LogP contribution is -1.87. The van der Waals surface area contributed by atoms with Gasteiger partial charge >= 0.3 is 0 Å². The molecule has 0 unspecified atom stereocenters. The third-order valence-electron chi connectivity index (χ3n) is 6.15. The SMILES string of the molecule is Cc1ccccc1-c1c(C)ccc2c1oc1ccc3c4ccccc4ccc3c12. The van der Waals surface area contributed by atoms with Gasteiger partial charge in [0.05, 0.1) is 0 Å². The second-order valence-electron chi connectivity index (χ2n) is 7.87. The van der Waals surface area contributed by atoms with Crippen LogP contribution in [0.1, 0.15) is 11.1 Å². The van der Waals surface area contributed by atoms with Crippen LogP contribution in [0.15, 0.2) is 89.3 Å². The predicted octanol–water partition coefficient (Wildman–Crippen LogP) is 8.18. The molecule has 5 aromatic carbocycles. The van der Waals surface area contributed by atoms with E-state index in [1.54, 1.807) is 0 Å². The van der Waals surface area contributed by atoms with E-state index in [4.69, 9.17) is 4.42 Å². The van der Waals surface area contributed by atoms with E-state index in [0.717, 1.165) is 11.2 Å². The molecule has 0 aliphatic carbocycles. The summed E-state index contributed by atoms with van der Waals surface area (Å²) in [6.07, 6.45) is 0. The second-order valence-corrected chi connectivity index (χ2v) is 7.87. The van der Waals surface area contributed by atoms with Crippen molar-refractivity contribution < 1.29 is 4.42 Å². The topological polar surface area (TPSA) is 13.1 Å². The number of furan rings is 1. The van der Waals surface area contributed by atoms with Gasteiger partial charge in [-0.05, 0) is 58.1 Å². The highest BCUT2D eigenvalue weighted by molar-refractivity contribution is 6.25. The average molecular weight is 372 g/mol. The molecule has 0 atom stereocenters. The number of benzene rings is 5. The van der Waals surface area contributed by atoms with Gasteiger partial charge in [0.1, 0.15) is 11.2 Å². The van der Waals surface area contributed by atoms with Crippen LogP contribution in [0, 0.1) is 13.8 Å². The standard InChI is InChI=1S/C28H20O/c1-17-7-3-5-9-20(17)26-18(2)11-13-24-27-23-14-12-19-8-4-6-10-21(19)22(23)15-16-25(27)29-28(24)26/h3-16H,1-2H3. The minimum absolute atomic E-state index is 0.947. The maximum Gasteiger partial charge on any atom is 0.143 e. The summed E-state index contributed by atoms with van der Waals surface area (Å²) in [6, 6.07) is 30.3. The van der Waals surface area contributed by atoms with Crippen molar-refractivity contribution >= 4 is 43.5 Å². The summed E-state index contributed by atoms with van der Waals surface area (Å²) in [5.74, 6) is 0. The smallest absolute Gasteiger partial charge is 0.143 e. The van der Waals surface area contributed by atoms with Crippen LogP contribution in [-0.4, -0.2) is 0 Å². The summed E-state index contributed by atoms with van der Waals surface area (Å²) in [4.78, 5) is 0. The average Bonchev–Trinajstić information content (AvgIpc) is 3.13. The quantitative estimate of drug-likeness (QED) is 0.265. The van der Waals surface area contributed by atoms with E-state index in [1.807, 2.05) is 0 Å². The Hall–Kier alpha value is -3.58. The molecule has 0 amide bonds. The Balaban J connectivity index is 1.80. The summed E-state index contributed by atoms with van der Waals surface area (Å²) >= 11 is 0. The fourth-order valence-corrected chi connectivity index (χ4v) is 4.71. The number of fused-ring (bicyclic) bond motifs is 7. The maximum absolute atomic E-state index is 6.49. The van der Waals surface area contributed by atoms with Crippen molar-refractivity contribution in [2.75, 3.05) is 0 Å². The Morgan fingerprint density at radius 2 is 1.31 bits per heavy atom. The Morgan fingerprint density at radius 1 is 0.552 bits per heavy atom. The number of hydrogen-bond donors (Lipinski definition) is 0. The van der Waals surface area contributed by atoms with Gasteiger partial charge in [-0.3, -0.25) is 0 Å². The van der Waals surface area contributed by atoms with Crippen LogP contribution in [0.2, 0.25) is 0 Å². The molecule has 0 spiro atoms. The molecule has 1 aromatic heterocycles. The molecule has 1 heterocycles. The molecule has 0 N–H and O–H groups in total. The lowest BCUT2D eigenvalue weighted by molar-refractivity contribution is 0.670. The predicted molar refractivity (Wildman–Crippen MR) is 124 cm³/mol. The Labute approximate surface area is 169 Å². The van der Waals surface area contributed by atoms with E-state index in [9.17, 15) is 0 Å². The van der Waals surface area contributed by atoms with Crippen molar-refractivity contribution in [2.45, 2.75) is 13.8 Å². The molecule has 6 rings (SSSR count). The Bertz CT molecular complexity index is 1570. The van der Waals surface area contributed by atoms with Crippen LogP contribution in [0.4, 0.5) is 0 Å². The number of aryl methyl sites for hydroxylation is 2. The van der Waals surface area contributed by atoms with Crippen LogP contribution in [0.25, 0.3) is 54.6 Å². The molecule has 0 radical (unpaired) electrons. The first-order chi connectivity index (χ1) is 14.2. The van der Waals surface area contributed by atoms with Gasteiger partial charge in [-0.2, -0.15) is 0 Å². The highest BCUT2D eigenvalue weighted by Crippen LogP contribution is 2.42. The normalized spacial score (nSPS) is 11.8. The maximum atomic E-state index is 6.49. The van der Waals surface area contributed by atoms with E-state index in [2.05, 4.69) is 98.8 Å². The summed E-state index contributed by atoms with van der Waals surface area (Å²) in [7, 11) is 0. The molecular weight excluding hydrogens is 352 g/mol. The van der Waals surface area contributed by atoms with Crippen molar-refractivity contribution in [3.8, 4) is 11.1 Å². The fourth-order valence-electron chi connectivity index (χ4n) is 4.71. The summed E-state index contributed by atoms with van der Waals surface area (Å²) in [5.41, 5.74) is 6.87. The van der Waals surface area contributed by atoms with Crippen LogP contribution >= 0.6 is 0 Å². The zero-order chi connectivity index (χ0) is 19.5. The monoisotopic (exact) mass is 372 g/mol. The summed E-state index contributed by atoms with van der Waals surface area (Å²) in [6.45, 7) is 4.33. The molecule has 1 nitrogen and oxygen atoms in total. The van der Waals surface area contributed by atoms with Crippen LogP contribution in [-0.2, 0) is 0 Å². The first kappa shape index (κ1) is 16.4. The molecule has 0 aliphatic rings. The van der Waals surface area contributed by atoms with Gasteiger partial charge in [0.25, 0.3) is 0 Å². The molecular formula is C28H20O. The third kappa shape index (κ3) is 2.28.